The van der Waals surface area contributed by atoms with Crippen molar-refractivity contribution >= 4 is 11.8 Å². The smallest absolute Gasteiger partial charge is 0.276 e. The predicted octanol–water partition coefficient (Wildman–Crippen LogP) is 2.06. The number of aryl methyl sites for hydroxylation is 2. The molecular formula is C22H21N7O2. The first-order chi connectivity index (χ1) is 15.1. The van der Waals surface area contributed by atoms with E-state index in [1.807, 2.05) is 73.9 Å². The van der Waals surface area contributed by atoms with Crippen molar-refractivity contribution in [1.29, 1.82) is 0 Å². The molecule has 0 atom stereocenters. The van der Waals surface area contributed by atoms with E-state index >= 15 is 0 Å². The third-order valence-electron chi connectivity index (χ3n) is 4.56. The monoisotopic (exact) mass is 415 g/mol. The highest BCUT2D eigenvalue weighted by atomic mass is 16.2. The summed E-state index contributed by atoms with van der Waals surface area (Å²) in [6, 6.07) is 18.9. The Morgan fingerprint density at radius 2 is 1.68 bits per heavy atom. The second kappa shape index (κ2) is 9.04. The van der Waals surface area contributed by atoms with Crippen molar-refractivity contribution < 1.29 is 9.59 Å². The minimum atomic E-state index is -0.596. The van der Waals surface area contributed by atoms with Crippen LogP contribution >= 0.6 is 0 Å². The summed E-state index contributed by atoms with van der Waals surface area (Å²) in [7, 11) is 1.81. The minimum absolute atomic E-state index is 0.0461. The van der Waals surface area contributed by atoms with Gasteiger partial charge in [-0.2, -0.15) is 5.10 Å². The first kappa shape index (κ1) is 20.0. The summed E-state index contributed by atoms with van der Waals surface area (Å²) in [6.45, 7) is 0. The zero-order valence-corrected chi connectivity index (χ0v) is 16.9. The number of benzene rings is 2. The predicted molar refractivity (Wildman–Crippen MR) is 114 cm³/mol. The molecule has 4 aromatic rings. The Hall–Kier alpha value is -4.27. The van der Waals surface area contributed by atoms with E-state index in [1.54, 1.807) is 15.6 Å². The molecule has 0 aliphatic rings. The van der Waals surface area contributed by atoms with Gasteiger partial charge in [-0.25, -0.2) is 9.67 Å². The van der Waals surface area contributed by atoms with E-state index in [4.69, 9.17) is 0 Å². The molecule has 31 heavy (non-hydrogen) atoms. The van der Waals surface area contributed by atoms with Gasteiger partial charge in [-0.1, -0.05) is 48.5 Å². The molecule has 9 heteroatoms. The molecular weight excluding hydrogens is 394 g/mol. The Morgan fingerprint density at radius 1 is 0.968 bits per heavy atom. The van der Waals surface area contributed by atoms with Crippen LogP contribution in [0, 0.1) is 0 Å². The van der Waals surface area contributed by atoms with Crippen molar-refractivity contribution in [3.05, 3.63) is 84.4 Å². The lowest BCUT2D eigenvalue weighted by atomic mass is 10.2. The van der Waals surface area contributed by atoms with Gasteiger partial charge in [0.05, 0.1) is 11.9 Å². The second-order valence-corrected chi connectivity index (χ2v) is 6.90. The first-order valence-corrected chi connectivity index (χ1v) is 9.75. The molecule has 0 saturated heterocycles. The van der Waals surface area contributed by atoms with E-state index in [9.17, 15) is 9.59 Å². The van der Waals surface area contributed by atoms with Crippen LogP contribution in [0.4, 0.5) is 0 Å². The third-order valence-corrected chi connectivity index (χ3v) is 4.56. The van der Waals surface area contributed by atoms with E-state index in [-0.39, 0.29) is 18.2 Å². The van der Waals surface area contributed by atoms with Crippen LogP contribution in [0.5, 0.6) is 0 Å². The Bertz CT molecular complexity index is 1130. The maximum Gasteiger partial charge on any atom is 0.309 e. The number of hydrazine groups is 1. The van der Waals surface area contributed by atoms with Gasteiger partial charge in [0.1, 0.15) is 0 Å². The van der Waals surface area contributed by atoms with Gasteiger partial charge in [0, 0.05) is 25.2 Å². The lowest BCUT2D eigenvalue weighted by molar-refractivity contribution is -0.121. The number of nitrogens with one attached hydrogen (secondary N) is 2. The third kappa shape index (κ3) is 4.84. The summed E-state index contributed by atoms with van der Waals surface area (Å²) < 4.78 is 3.28. The van der Waals surface area contributed by atoms with Crippen LogP contribution in [0.2, 0.25) is 0 Å². The molecule has 2 amide bonds. The van der Waals surface area contributed by atoms with Crippen molar-refractivity contribution in [3.8, 4) is 17.1 Å². The topological polar surface area (TPSA) is 107 Å². The van der Waals surface area contributed by atoms with Crippen LogP contribution in [-0.4, -0.2) is 36.4 Å². The summed E-state index contributed by atoms with van der Waals surface area (Å²) >= 11 is 0. The minimum Gasteiger partial charge on any atom is -0.276 e. The molecule has 0 spiro atoms. The Kier molecular flexibility index (Phi) is 5.84. The maximum atomic E-state index is 12.6. The lowest BCUT2D eigenvalue weighted by Crippen LogP contribution is -2.42. The summed E-state index contributed by atoms with van der Waals surface area (Å²) in [5.74, 6) is -0.431. The molecule has 0 aliphatic heterocycles. The van der Waals surface area contributed by atoms with E-state index < -0.39 is 5.91 Å². The number of hydrogen-bond acceptors (Lipinski definition) is 5. The Balaban J connectivity index is 1.46. The standard InChI is InChI=1S/C22H21N7O2/c1-28-15-16(14-23-28)12-13-19(30)25-26-22(31)20-24-21(17-8-4-2-5-9-17)29(27-20)18-10-6-3-7-11-18/h2-11,14-15H,12-13H2,1H3,(H,25,30)(H,26,31). The van der Waals surface area contributed by atoms with E-state index in [0.717, 1.165) is 16.8 Å². The van der Waals surface area contributed by atoms with Crippen LogP contribution in [0.25, 0.3) is 17.1 Å². The zero-order chi connectivity index (χ0) is 21.6. The van der Waals surface area contributed by atoms with Crippen molar-refractivity contribution in [1.82, 2.24) is 35.4 Å². The summed E-state index contributed by atoms with van der Waals surface area (Å²) in [5, 5.41) is 8.43. The molecule has 2 heterocycles. The van der Waals surface area contributed by atoms with Crippen LogP contribution in [0.3, 0.4) is 0 Å². The Labute approximate surface area is 178 Å². The fourth-order valence-corrected chi connectivity index (χ4v) is 3.04. The maximum absolute atomic E-state index is 12.6. The van der Waals surface area contributed by atoms with Crippen LogP contribution in [0.15, 0.2) is 73.1 Å². The second-order valence-electron chi connectivity index (χ2n) is 6.90. The fourth-order valence-electron chi connectivity index (χ4n) is 3.04. The van der Waals surface area contributed by atoms with Gasteiger partial charge in [-0.3, -0.25) is 25.1 Å². The van der Waals surface area contributed by atoms with Gasteiger partial charge in [-0.15, -0.1) is 5.10 Å². The average Bonchev–Trinajstić information content (AvgIpc) is 3.44. The molecule has 0 unspecified atom stereocenters. The van der Waals surface area contributed by atoms with Gasteiger partial charge in [-0.05, 0) is 24.1 Å². The van der Waals surface area contributed by atoms with Gasteiger partial charge < -0.3 is 0 Å². The number of hydrogen-bond donors (Lipinski definition) is 2. The van der Waals surface area contributed by atoms with Crippen LogP contribution in [0.1, 0.15) is 22.6 Å². The molecule has 156 valence electrons. The van der Waals surface area contributed by atoms with Gasteiger partial charge in [0.15, 0.2) is 5.82 Å². The van der Waals surface area contributed by atoms with E-state index in [0.29, 0.717) is 12.2 Å². The summed E-state index contributed by atoms with van der Waals surface area (Å²) in [6.07, 6.45) is 4.29. The molecule has 4 rings (SSSR count). The number of nitrogens with zero attached hydrogens (tertiary/aromatic N) is 5. The quantitative estimate of drug-likeness (QED) is 0.469. The lowest BCUT2D eigenvalue weighted by Gasteiger charge is -2.05. The normalized spacial score (nSPS) is 10.6. The highest BCUT2D eigenvalue weighted by Crippen LogP contribution is 2.20. The van der Waals surface area contributed by atoms with E-state index in [1.165, 1.54) is 0 Å². The molecule has 2 aromatic heterocycles. The van der Waals surface area contributed by atoms with Crippen molar-refractivity contribution in [2.75, 3.05) is 0 Å². The molecule has 0 aliphatic carbocycles. The van der Waals surface area contributed by atoms with Gasteiger partial charge in [0.2, 0.25) is 11.7 Å². The van der Waals surface area contributed by atoms with Crippen molar-refractivity contribution in [2.45, 2.75) is 12.8 Å². The van der Waals surface area contributed by atoms with Crippen molar-refractivity contribution in [2.24, 2.45) is 7.05 Å². The molecule has 0 saturated carbocycles. The average molecular weight is 415 g/mol. The molecule has 9 nitrogen and oxygen atoms in total. The number of carbonyl (C=O) groups excluding carboxylic acids is 2. The number of para-hydroxylation sites is 1. The largest absolute Gasteiger partial charge is 0.309 e. The SMILES string of the molecule is Cn1cc(CCC(=O)NNC(=O)c2nc(-c3ccccc3)n(-c3ccccc3)n2)cn1. The summed E-state index contributed by atoms with van der Waals surface area (Å²) in [5.41, 5.74) is 7.33. The van der Waals surface area contributed by atoms with Crippen LogP contribution < -0.4 is 10.9 Å². The molecule has 0 fully saturated rings. The van der Waals surface area contributed by atoms with Crippen molar-refractivity contribution in [3.63, 3.8) is 0 Å². The highest BCUT2D eigenvalue weighted by molar-refractivity contribution is 5.92. The number of amides is 2. The fraction of sp³-hybridized carbons (Fsp3) is 0.136. The highest BCUT2D eigenvalue weighted by Gasteiger charge is 2.19. The number of rotatable bonds is 6. The number of carbonyl (C=O) groups is 2. The van der Waals surface area contributed by atoms with E-state index in [2.05, 4.69) is 26.0 Å². The van der Waals surface area contributed by atoms with Crippen LogP contribution in [-0.2, 0) is 18.3 Å². The Morgan fingerprint density at radius 3 is 2.35 bits per heavy atom. The summed E-state index contributed by atoms with van der Waals surface area (Å²) in [4.78, 5) is 29.1. The van der Waals surface area contributed by atoms with Gasteiger partial charge in [0.25, 0.3) is 0 Å². The first-order valence-electron chi connectivity index (χ1n) is 9.75. The number of aromatic nitrogens is 5. The zero-order valence-electron chi connectivity index (χ0n) is 16.9. The molecule has 0 radical (unpaired) electrons. The molecule has 0 bridgehead atoms. The molecule has 2 N–H and O–H groups in total. The molecule has 2 aromatic carbocycles. The van der Waals surface area contributed by atoms with Gasteiger partial charge >= 0.3 is 5.91 Å².